The third kappa shape index (κ3) is 15.0. The largest absolute Gasteiger partial charge is 4.00 e. The average Bonchev–Trinajstić information content (AvgIpc) is 3.24. The molecule has 3 aliphatic carbocycles. The van der Waals surface area contributed by atoms with Gasteiger partial charge in [0.15, 0.2) is 0 Å². The summed E-state index contributed by atoms with van der Waals surface area (Å²) in [5, 5.41) is 0. The van der Waals surface area contributed by atoms with E-state index in [2.05, 4.69) is 78.5 Å². The van der Waals surface area contributed by atoms with Crippen molar-refractivity contribution < 1.29 is 26.2 Å². The Morgan fingerprint density at radius 3 is 1.46 bits per heavy atom. The second-order valence-corrected chi connectivity index (χ2v) is 5.92. The van der Waals surface area contributed by atoms with Crippen LogP contribution in [-0.2, 0) is 26.2 Å². The van der Waals surface area contributed by atoms with Crippen LogP contribution in [0, 0.1) is 30.6 Å². The van der Waals surface area contributed by atoms with Crippen LogP contribution in [0.2, 0.25) is 0 Å². The minimum atomic E-state index is 0. The molecule has 3 aliphatic rings. The third-order valence-electron chi connectivity index (χ3n) is 3.73. The van der Waals surface area contributed by atoms with Gasteiger partial charge in [-0.05, 0) is 0 Å². The fourth-order valence-corrected chi connectivity index (χ4v) is 2.09. The van der Waals surface area contributed by atoms with Gasteiger partial charge in [0.1, 0.15) is 0 Å². The molecule has 0 saturated carbocycles. The molecule has 0 aromatic heterocycles. The number of hydrogen-bond donors (Lipinski definition) is 0. The maximum absolute atomic E-state index is 3.44. The van der Waals surface area contributed by atoms with E-state index in [0.29, 0.717) is 0 Å². The Morgan fingerprint density at radius 2 is 1.38 bits per heavy atom. The zero-order chi connectivity index (χ0) is 17.7. The van der Waals surface area contributed by atoms with E-state index in [9.17, 15) is 0 Å². The third-order valence-corrected chi connectivity index (χ3v) is 3.73. The number of halogens is 2. The molecule has 0 atom stereocenters. The van der Waals surface area contributed by atoms with Crippen molar-refractivity contribution in [2.45, 2.75) is 47.5 Å². The minimum absolute atomic E-state index is 0. The summed E-state index contributed by atoms with van der Waals surface area (Å²) in [6.07, 6.45) is 24.9. The predicted octanol–water partition coefficient (Wildman–Crippen LogP) is 7.88. The fraction of sp³-hybridized carbons (Fsp3) is 0.348. The van der Waals surface area contributed by atoms with Crippen LogP contribution < -0.4 is 0 Å². The summed E-state index contributed by atoms with van der Waals surface area (Å²) in [4.78, 5) is 0. The van der Waals surface area contributed by atoms with Crippen LogP contribution in [0.3, 0.4) is 0 Å². The first kappa shape index (κ1) is 33.5. The summed E-state index contributed by atoms with van der Waals surface area (Å²) in [6.45, 7) is 17.4. The molecule has 0 saturated heterocycles. The quantitative estimate of drug-likeness (QED) is 0.265. The van der Waals surface area contributed by atoms with Gasteiger partial charge < -0.3 is 0 Å². The molecule has 0 radical (unpaired) electrons. The second-order valence-electron chi connectivity index (χ2n) is 5.92. The van der Waals surface area contributed by atoms with E-state index < -0.39 is 0 Å². The summed E-state index contributed by atoms with van der Waals surface area (Å²) in [5.41, 5.74) is 4.39. The molecular weight excluding hydrogens is 527 g/mol. The van der Waals surface area contributed by atoms with E-state index >= 15 is 0 Å². The summed E-state index contributed by atoms with van der Waals surface area (Å²) in [7, 11) is 0. The Balaban J connectivity index is -0.000000131. The molecular formula is C23H32Br2Zr. The molecule has 0 amide bonds. The van der Waals surface area contributed by atoms with Gasteiger partial charge in [-0.3, -0.25) is 18.2 Å². The Hall–Kier alpha value is -0.107. The molecule has 0 fully saturated rings. The average molecular weight is 560 g/mol. The zero-order valence-electron chi connectivity index (χ0n) is 16.7. The predicted molar refractivity (Wildman–Crippen MR) is 124 cm³/mol. The standard InChI is InChI=1S/C10H15.2C5H5.C3H5.2BrH.Zr/c1-7-6-10(4,5)9(3)8(7)2;2*1-2-4-5-3-1;1-3-2;;;/h1-5H3;2*1-3H,4H2;3H,1-2H2;2*1H;/q4*-1;;;+4. The van der Waals surface area contributed by atoms with E-state index in [0.717, 1.165) is 12.8 Å². The molecule has 142 valence electrons. The van der Waals surface area contributed by atoms with Gasteiger partial charge in [0, 0.05) is 0 Å². The van der Waals surface area contributed by atoms with E-state index in [-0.39, 0.29) is 65.6 Å². The van der Waals surface area contributed by atoms with Crippen molar-refractivity contribution in [2.75, 3.05) is 0 Å². The van der Waals surface area contributed by atoms with Crippen LogP contribution in [0.4, 0.5) is 0 Å². The second kappa shape index (κ2) is 19.6. The normalized spacial score (nSPS) is 16.3. The van der Waals surface area contributed by atoms with Crippen molar-refractivity contribution in [2.24, 2.45) is 5.41 Å². The van der Waals surface area contributed by atoms with Crippen LogP contribution in [0.25, 0.3) is 0 Å². The van der Waals surface area contributed by atoms with Crippen molar-refractivity contribution in [3.05, 3.63) is 91.0 Å². The summed E-state index contributed by atoms with van der Waals surface area (Å²) in [6, 6.07) is 0. The number of hydrogen-bond acceptors (Lipinski definition) is 0. The smallest absolute Gasteiger partial charge is 0.273 e. The molecule has 0 bridgehead atoms. The maximum atomic E-state index is 3.44. The monoisotopic (exact) mass is 556 g/mol. The molecule has 0 aliphatic heterocycles. The van der Waals surface area contributed by atoms with Crippen molar-refractivity contribution >= 4 is 34.0 Å². The molecule has 3 heteroatoms. The van der Waals surface area contributed by atoms with Gasteiger partial charge in [-0.25, -0.2) is 49.5 Å². The van der Waals surface area contributed by atoms with Crippen LogP contribution in [0.1, 0.15) is 47.5 Å². The van der Waals surface area contributed by atoms with Crippen molar-refractivity contribution in [3.8, 4) is 0 Å². The van der Waals surface area contributed by atoms with Gasteiger partial charge >= 0.3 is 26.2 Å². The van der Waals surface area contributed by atoms with Crippen LogP contribution >= 0.6 is 34.0 Å². The van der Waals surface area contributed by atoms with Gasteiger partial charge in [0.25, 0.3) is 0 Å². The Morgan fingerprint density at radius 1 is 1.00 bits per heavy atom. The van der Waals surface area contributed by atoms with E-state index in [4.69, 9.17) is 0 Å². The van der Waals surface area contributed by atoms with Gasteiger partial charge in [-0.2, -0.15) is 23.3 Å². The van der Waals surface area contributed by atoms with E-state index in [1.165, 1.54) is 22.8 Å². The summed E-state index contributed by atoms with van der Waals surface area (Å²) >= 11 is 0. The van der Waals surface area contributed by atoms with Gasteiger partial charge in [-0.1, -0.05) is 33.1 Å². The first-order chi connectivity index (χ1) is 10.9. The fourth-order valence-electron chi connectivity index (χ4n) is 2.09. The molecule has 3 rings (SSSR count). The molecule has 0 heterocycles. The van der Waals surface area contributed by atoms with Crippen LogP contribution in [0.15, 0.2) is 65.8 Å². The SMILES string of the molecule is Br.Br.C=C[CH2-].CC1=[C-]C(C)(C)C(C)=C1C.[C-]1=CC=CC1.[C-]1=CC=CC1.[Zr+4]. The first-order valence-corrected chi connectivity index (χ1v) is 8.00. The van der Waals surface area contributed by atoms with E-state index in [1.807, 2.05) is 24.3 Å². The van der Waals surface area contributed by atoms with Gasteiger partial charge in [-0.15, -0.1) is 53.7 Å². The minimum Gasteiger partial charge on any atom is -0.273 e. The molecule has 0 nitrogen and oxygen atoms in total. The van der Waals surface area contributed by atoms with Crippen molar-refractivity contribution in [1.29, 1.82) is 0 Å². The topological polar surface area (TPSA) is 0 Å². The summed E-state index contributed by atoms with van der Waals surface area (Å²) < 4.78 is 0. The summed E-state index contributed by atoms with van der Waals surface area (Å²) in [5.74, 6) is 0. The zero-order valence-corrected chi connectivity index (χ0v) is 22.6. The van der Waals surface area contributed by atoms with Crippen LogP contribution in [-0.4, -0.2) is 0 Å². The Kier molecular flexibility index (Phi) is 25.3. The van der Waals surface area contributed by atoms with Crippen LogP contribution in [0.5, 0.6) is 0 Å². The van der Waals surface area contributed by atoms with Gasteiger partial charge in [0.2, 0.25) is 0 Å². The van der Waals surface area contributed by atoms with Crippen molar-refractivity contribution in [3.63, 3.8) is 0 Å². The molecule has 0 aromatic carbocycles. The van der Waals surface area contributed by atoms with Gasteiger partial charge in [0.05, 0.1) is 0 Å². The van der Waals surface area contributed by atoms with Crippen molar-refractivity contribution in [1.82, 2.24) is 0 Å². The number of allylic oxidation sites excluding steroid dienone is 13. The molecule has 0 N–H and O–H groups in total. The molecule has 0 aromatic rings. The molecule has 0 spiro atoms. The Bertz CT molecular complexity index is 503. The first-order valence-electron chi connectivity index (χ1n) is 8.00. The van der Waals surface area contributed by atoms with E-state index in [1.54, 1.807) is 0 Å². The molecule has 0 unspecified atom stereocenters. The maximum Gasteiger partial charge on any atom is 4.00 e. The number of rotatable bonds is 0. The Labute approximate surface area is 202 Å². The molecule has 26 heavy (non-hydrogen) atoms.